The van der Waals surface area contributed by atoms with Crippen molar-refractivity contribution in [1.29, 1.82) is 0 Å². The molecule has 1 amide bonds. The van der Waals surface area contributed by atoms with E-state index in [0.29, 0.717) is 0 Å². The molecule has 4 N–H and O–H groups in total. The molecule has 1 fully saturated rings. The smallest absolute Gasteiger partial charge is 0.217 e. The van der Waals surface area contributed by atoms with Crippen LogP contribution in [-0.2, 0) is 9.59 Å². The number of ketones is 1. The third-order valence-electron chi connectivity index (χ3n) is 2.23. The second-order valence-electron chi connectivity index (χ2n) is 3.40. The van der Waals surface area contributed by atoms with Gasteiger partial charge < -0.3 is 20.6 Å². The molecule has 14 heavy (non-hydrogen) atoms. The maximum absolute atomic E-state index is 11.1. The molecule has 1 rings (SSSR count). The molecule has 1 saturated carbocycles. The molecular weight excluding hydrogens is 190 g/mol. The second kappa shape index (κ2) is 4.04. The number of carbonyl (C=O) groups excluding carboxylic acids is 2. The van der Waals surface area contributed by atoms with Crippen molar-refractivity contribution in [2.45, 2.75) is 37.7 Å². The third-order valence-corrected chi connectivity index (χ3v) is 2.23. The summed E-state index contributed by atoms with van der Waals surface area (Å²) in [7, 11) is 0. The Morgan fingerprint density at radius 3 is 2.43 bits per heavy atom. The molecule has 0 aromatic rings. The molecule has 0 aromatic heterocycles. The fourth-order valence-electron chi connectivity index (χ4n) is 1.47. The molecule has 0 aliphatic heterocycles. The fraction of sp³-hybridized carbons (Fsp3) is 0.750. The van der Waals surface area contributed by atoms with Gasteiger partial charge in [0, 0.05) is 13.3 Å². The van der Waals surface area contributed by atoms with Gasteiger partial charge in [0.05, 0.1) is 6.04 Å². The molecule has 0 unspecified atom stereocenters. The fourth-order valence-corrected chi connectivity index (χ4v) is 1.47. The van der Waals surface area contributed by atoms with E-state index < -0.39 is 36.0 Å². The summed E-state index contributed by atoms with van der Waals surface area (Å²) >= 11 is 0. The Morgan fingerprint density at radius 1 is 1.36 bits per heavy atom. The van der Waals surface area contributed by atoms with Gasteiger partial charge in [-0.05, 0) is 0 Å². The van der Waals surface area contributed by atoms with Gasteiger partial charge in [0.25, 0.3) is 0 Å². The van der Waals surface area contributed by atoms with E-state index in [1.165, 1.54) is 6.92 Å². The van der Waals surface area contributed by atoms with E-state index in [-0.39, 0.29) is 6.42 Å². The predicted octanol–water partition coefficient (Wildman–Crippen LogP) is -2.45. The molecule has 0 spiro atoms. The monoisotopic (exact) mass is 203 g/mol. The molecule has 0 bridgehead atoms. The van der Waals surface area contributed by atoms with Gasteiger partial charge in [-0.1, -0.05) is 0 Å². The lowest BCUT2D eigenvalue weighted by Crippen LogP contribution is -2.59. The number of carbonyl (C=O) groups is 2. The zero-order valence-electron chi connectivity index (χ0n) is 7.67. The Morgan fingerprint density at radius 2 is 1.93 bits per heavy atom. The molecule has 0 saturated heterocycles. The van der Waals surface area contributed by atoms with Crippen LogP contribution in [0.4, 0.5) is 0 Å². The van der Waals surface area contributed by atoms with E-state index in [1.54, 1.807) is 0 Å². The highest BCUT2D eigenvalue weighted by Gasteiger charge is 2.41. The van der Waals surface area contributed by atoms with Crippen LogP contribution >= 0.6 is 0 Å². The number of aliphatic hydroxyl groups is 3. The average molecular weight is 203 g/mol. The summed E-state index contributed by atoms with van der Waals surface area (Å²) in [6.45, 7) is 1.24. The van der Waals surface area contributed by atoms with Crippen molar-refractivity contribution in [3.63, 3.8) is 0 Å². The Hall–Kier alpha value is -0.980. The van der Waals surface area contributed by atoms with Crippen molar-refractivity contribution < 1.29 is 24.9 Å². The van der Waals surface area contributed by atoms with Crippen LogP contribution in [0.15, 0.2) is 0 Å². The van der Waals surface area contributed by atoms with E-state index in [2.05, 4.69) is 5.32 Å². The van der Waals surface area contributed by atoms with Crippen LogP contribution in [0.2, 0.25) is 0 Å². The van der Waals surface area contributed by atoms with Crippen molar-refractivity contribution in [3.8, 4) is 0 Å². The lowest BCUT2D eigenvalue weighted by molar-refractivity contribution is -0.151. The molecule has 6 heteroatoms. The highest BCUT2D eigenvalue weighted by Crippen LogP contribution is 2.17. The van der Waals surface area contributed by atoms with Crippen molar-refractivity contribution in [3.05, 3.63) is 0 Å². The maximum atomic E-state index is 11.1. The zero-order valence-corrected chi connectivity index (χ0v) is 7.67. The van der Waals surface area contributed by atoms with Gasteiger partial charge in [0.2, 0.25) is 5.91 Å². The van der Waals surface area contributed by atoms with Crippen LogP contribution in [0, 0.1) is 0 Å². The molecule has 1 aliphatic rings. The Balaban J connectivity index is 2.70. The first-order valence-electron chi connectivity index (χ1n) is 4.27. The first kappa shape index (κ1) is 11.1. The lowest BCUT2D eigenvalue weighted by atomic mass is 9.87. The highest BCUT2D eigenvalue weighted by molar-refractivity contribution is 5.86. The van der Waals surface area contributed by atoms with Gasteiger partial charge in [0.1, 0.15) is 18.3 Å². The number of nitrogens with one attached hydrogen (secondary N) is 1. The van der Waals surface area contributed by atoms with Crippen LogP contribution in [0.25, 0.3) is 0 Å². The summed E-state index contributed by atoms with van der Waals surface area (Å²) in [5.74, 6) is -0.980. The minimum absolute atomic E-state index is 0.168. The highest BCUT2D eigenvalue weighted by atomic mass is 16.4. The van der Waals surface area contributed by atoms with Crippen molar-refractivity contribution in [2.24, 2.45) is 0 Å². The summed E-state index contributed by atoms with van der Waals surface area (Å²) in [4.78, 5) is 21.7. The molecule has 0 heterocycles. The van der Waals surface area contributed by atoms with Gasteiger partial charge in [0.15, 0.2) is 5.78 Å². The quantitative estimate of drug-likeness (QED) is 0.378. The summed E-state index contributed by atoms with van der Waals surface area (Å²) in [5.41, 5.74) is 0. The lowest BCUT2D eigenvalue weighted by Gasteiger charge is -2.34. The average Bonchev–Trinajstić information content (AvgIpc) is 2.10. The Bertz CT molecular complexity index is 254. The SMILES string of the molecule is CC(=O)N[C@H]1CC(=O)[C@H](O)[C@@H](O)[C@@H]1O. The molecule has 4 atom stereocenters. The van der Waals surface area contributed by atoms with E-state index in [4.69, 9.17) is 5.11 Å². The first-order valence-corrected chi connectivity index (χ1v) is 4.27. The predicted molar refractivity (Wildman–Crippen MR) is 45.2 cm³/mol. The summed E-state index contributed by atoms with van der Waals surface area (Å²) in [5, 5.41) is 30.1. The van der Waals surface area contributed by atoms with E-state index >= 15 is 0 Å². The standard InChI is InChI=1S/C8H13NO5/c1-3(10)9-4-2-5(11)7(13)8(14)6(4)12/h4,6-8,12-14H,2H2,1H3,(H,9,10)/t4-,6+,7-,8-/m0/s1. The summed E-state index contributed by atoms with van der Waals surface area (Å²) in [6.07, 6.45) is -4.58. The molecular formula is C8H13NO5. The van der Waals surface area contributed by atoms with Crippen molar-refractivity contribution in [1.82, 2.24) is 5.32 Å². The largest absolute Gasteiger partial charge is 0.388 e. The Kier molecular flexibility index (Phi) is 3.20. The van der Waals surface area contributed by atoms with Crippen LogP contribution in [0.3, 0.4) is 0 Å². The maximum Gasteiger partial charge on any atom is 0.217 e. The van der Waals surface area contributed by atoms with Gasteiger partial charge >= 0.3 is 0 Å². The topological polar surface area (TPSA) is 107 Å². The number of amides is 1. The number of hydrogen-bond acceptors (Lipinski definition) is 5. The van der Waals surface area contributed by atoms with Crippen molar-refractivity contribution in [2.75, 3.05) is 0 Å². The van der Waals surface area contributed by atoms with Crippen LogP contribution < -0.4 is 5.32 Å². The van der Waals surface area contributed by atoms with Gasteiger partial charge in [-0.2, -0.15) is 0 Å². The molecule has 1 aliphatic carbocycles. The Labute approximate surface area is 80.5 Å². The van der Waals surface area contributed by atoms with Gasteiger partial charge in [-0.25, -0.2) is 0 Å². The van der Waals surface area contributed by atoms with E-state index in [1.807, 2.05) is 0 Å². The molecule has 6 nitrogen and oxygen atoms in total. The summed E-state index contributed by atoms with van der Waals surface area (Å²) in [6, 6.07) is -0.821. The van der Waals surface area contributed by atoms with Crippen LogP contribution in [-0.4, -0.2) is 51.4 Å². The minimum atomic E-state index is -1.56. The van der Waals surface area contributed by atoms with Gasteiger partial charge in [-0.3, -0.25) is 9.59 Å². The molecule has 80 valence electrons. The zero-order chi connectivity index (χ0) is 10.9. The van der Waals surface area contributed by atoms with Crippen molar-refractivity contribution >= 4 is 11.7 Å². The van der Waals surface area contributed by atoms with E-state index in [0.717, 1.165) is 0 Å². The number of rotatable bonds is 1. The first-order chi connectivity index (χ1) is 6.43. The minimum Gasteiger partial charge on any atom is -0.388 e. The van der Waals surface area contributed by atoms with E-state index in [9.17, 15) is 19.8 Å². The van der Waals surface area contributed by atoms with Crippen LogP contribution in [0.5, 0.6) is 0 Å². The number of aliphatic hydroxyl groups excluding tert-OH is 3. The summed E-state index contributed by atoms with van der Waals surface area (Å²) < 4.78 is 0. The normalized spacial score (nSPS) is 38.1. The number of Topliss-reactive ketones (excluding diaryl/α,β-unsaturated/α-hetero) is 1. The van der Waals surface area contributed by atoms with Crippen LogP contribution in [0.1, 0.15) is 13.3 Å². The second-order valence-corrected chi connectivity index (χ2v) is 3.40. The third kappa shape index (κ3) is 2.09. The van der Waals surface area contributed by atoms with Gasteiger partial charge in [-0.15, -0.1) is 0 Å². The number of hydrogen-bond donors (Lipinski definition) is 4. The molecule has 0 aromatic carbocycles. The molecule has 0 radical (unpaired) electrons.